The minimum Gasteiger partial charge on any atom is -0.453 e. The van der Waals surface area contributed by atoms with Crippen LogP contribution in [0.2, 0.25) is 0 Å². The third-order valence-electron chi connectivity index (χ3n) is 8.12. The molecule has 39 heavy (non-hydrogen) atoms. The Morgan fingerprint density at radius 2 is 1.03 bits per heavy atom. The molecule has 0 radical (unpaired) electrons. The summed E-state index contributed by atoms with van der Waals surface area (Å²) in [4.78, 5) is 0. The van der Waals surface area contributed by atoms with Crippen molar-refractivity contribution in [3.05, 3.63) is 133 Å². The molecule has 1 aliphatic heterocycles. The first-order valence-corrected chi connectivity index (χ1v) is 13.3. The zero-order chi connectivity index (χ0) is 25.5. The van der Waals surface area contributed by atoms with Gasteiger partial charge in [-0.05, 0) is 59.7 Å². The zero-order valence-electron chi connectivity index (χ0n) is 21.0. The average Bonchev–Trinajstić information content (AvgIpc) is 3.52. The van der Waals surface area contributed by atoms with Gasteiger partial charge in [-0.1, -0.05) is 84.9 Å². The molecule has 0 saturated heterocycles. The summed E-state index contributed by atoms with van der Waals surface area (Å²) in [6.45, 7) is 0. The SMILES string of the molecule is c1ccc2c(c1)Oc1cccc3c4ccc(-c5ccc(-n6c7ccccc7c7ccccc76)cc5)cc4n-2c13. The minimum absolute atomic E-state index is 0.885. The maximum atomic E-state index is 6.28. The molecule has 9 rings (SSSR count). The predicted molar refractivity (Wildman–Crippen MR) is 161 cm³/mol. The molecule has 8 aromatic rings. The Morgan fingerprint density at radius 1 is 0.410 bits per heavy atom. The molecule has 182 valence electrons. The van der Waals surface area contributed by atoms with E-state index in [2.05, 4.69) is 130 Å². The van der Waals surface area contributed by atoms with Crippen LogP contribution in [0.3, 0.4) is 0 Å². The van der Waals surface area contributed by atoms with Gasteiger partial charge in [0.05, 0.1) is 27.8 Å². The standard InChI is InChI=1S/C36H22N2O/c1-3-11-30-26(8-1)27-9-2-4-12-31(27)37(30)25-19-16-23(17-20-25)24-18-21-28-29-10-7-15-35-36(29)38(33(28)22-24)32-13-5-6-14-34(32)39-35/h1-22H. The van der Waals surface area contributed by atoms with Crippen LogP contribution in [0, 0.1) is 0 Å². The van der Waals surface area contributed by atoms with Crippen molar-refractivity contribution in [1.82, 2.24) is 9.13 Å². The first-order chi connectivity index (χ1) is 19.3. The van der Waals surface area contributed by atoms with Crippen molar-refractivity contribution in [3.63, 3.8) is 0 Å². The van der Waals surface area contributed by atoms with Gasteiger partial charge < -0.3 is 13.9 Å². The molecular weight excluding hydrogens is 476 g/mol. The van der Waals surface area contributed by atoms with Gasteiger partial charge >= 0.3 is 0 Å². The van der Waals surface area contributed by atoms with Crippen LogP contribution in [0.4, 0.5) is 0 Å². The number of fused-ring (bicyclic) bond motifs is 8. The van der Waals surface area contributed by atoms with Gasteiger partial charge in [-0.25, -0.2) is 0 Å². The number of hydrogen-bond donors (Lipinski definition) is 0. The highest BCUT2D eigenvalue weighted by atomic mass is 16.5. The quantitative estimate of drug-likeness (QED) is 0.232. The van der Waals surface area contributed by atoms with E-state index in [1.165, 1.54) is 49.2 Å². The van der Waals surface area contributed by atoms with Crippen molar-refractivity contribution in [1.29, 1.82) is 0 Å². The van der Waals surface area contributed by atoms with E-state index in [1.54, 1.807) is 0 Å². The lowest BCUT2D eigenvalue weighted by molar-refractivity contribution is 0.476. The fraction of sp³-hybridized carbons (Fsp3) is 0. The van der Waals surface area contributed by atoms with Crippen LogP contribution in [0.25, 0.3) is 66.1 Å². The van der Waals surface area contributed by atoms with Crippen molar-refractivity contribution in [2.45, 2.75) is 0 Å². The Balaban J connectivity index is 1.22. The molecule has 3 heteroatoms. The fourth-order valence-electron chi connectivity index (χ4n) is 6.40. The summed E-state index contributed by atoms with van der Waals surface area (Å²) in [6, 6.07) is 47.6. The van der Waals surface area contributed by atoms with E-state index in [4.69, 9.17) is 4.74 Å². The summed E-state index contributed by atoms with van der Waals surface area (Å²) in [5.41, 5.74) is 9.40. The molecule has 0 amide bonds. The molecular formula is C36H22N2O. The van der Waals surface area contributed by atoms with Gasteiger partial charge in [0.25, 0.3) is 0 Å². The van der Waals surface area contributed by atoms with Crippen LogP contribution >= 0.6 is 0 Å². The second kappa shape index (κ2) is 7.62. The number of para-hydroxylation sites is 5. The summed E-state index contributed by atoms with van der Waals surface area (Å²) in [5.74, 6) is 1.79. The number of hydrogen-bond acceptors (Lipinski definition) is 1. The first kappa shape index (κ1) is 20.7. The molecule has 0 bridgehead atoms. The van der Waals surface area contributed by atoms with Crippen molar-refractivity contribution in [2.75, 3.05) is 0 Å². The maximum Gasteiger partial charge on any atom is 0.152 e. The Bertz CT molecular complexity index is 2200. The van der Waals surface area contributed by atoms with Gasteiger partial charge in [-0.15, -0.1) is 0 Å². The second-order valence-corrected chi connectivity index (χ2v) is 10.2. The highest BCUT2D eigenvalue weighted by Gasteiger charge is 2.23. The van der Waals surface area contributed by atoms with Gasteiger partial charge in [0, 0.05) is 27.2 Å². The van der Waals surface area contributed by atoms with E-state index < -0.39 is 0 Å². The summed E-state index contributed by atoms with van der Waals surface area (Å²) in [6.07, 6.45) is 0. The lowest BCUT2D eigenvalue weighted by Crippen LogP contribution is -2.03. The number of aromatic nitrogens is 2. The number of ether oxygens (including phenoxy) is 1. The Morgan fingerprint density at radius 3 is 1.82 bits per heavy atom. The summed E-state index contributed by atoms with van der Waals surface area (Å²) in [5, 5.41) is 5.00. The van der Waals surface area contributed by atoms with Gasteiger partial charge in [-0.3, -0.25) is 0 Å². The highest BCUT2D eigenvalue weighted by molar-refractivity contribution is 6.13. The van der Waals surface area contributed by atoms with Gasteiger partial charge in [0.15, 0.2) is 11.5 Å². The van der Waals surface area contributed by atoms with Gasteiger partial charge in [0.1, 0.15) is 0 Å². The number of rotatable bonds is 2. The van der Waals surface area contributed by atoms with E-state index in [9.17, 15) is 0 Å². The van der Waals surface area contributed by atoms with Gasteiger partial charge in [0.2, 0.25) is 0 Å². The Labute approximate surface area is 224 Å². The smallest absolute Gasteiger partial charge is 0.152 e. The maximum absolute atomic E-state index is 6.28. The number of nitrogens with zero attached hydrogens (tertiary/aromatic N) is 2. The molecule has 1 aliphatic rings. The van der Waals surface area contributed by atoms with Crippen LogP contribution < -0.4 is 4.74 Å². The van der Waals surface area contributed by atoms with Crippen molar-refractivity contribution in [2.24, 2.45) is 0 Å². The lowest BCUT2D eigenvalue weighted by atomic mass is 10.0. The highest BCUT2D eigenvalue weighted by Crippen LogP contribution is 2.45. The number of benzene rings is 6. The van der Waals surface area contributed by atoms with Crippen LogP contribution in [-0.4, -0.2) is 9.13 Å². The second-order valence-electron chi connectivity index (χ2n) is 10.2. The third-order valence-corrected chi connectivity index (χ3v) is 8.12. The van der Waals surface area contributed by atoms with Crippen molar-refractivity contribution in [3.8, 4) is 34.0 Å². The van der Waals surface area contributed by atoms with Crippen LogP contribution in [0.5, 0.6) is 11.5 Å². The molecule has 0 atom stereocenters. The van der Waals surface area contributed by atoms with E-state index >= 15 is 0 Å². The van der Waals surface area contributed by atoms with Crippen LogP contribution in [-0.2, 0) is 0 Å². The largest absolute Gasteiger partial charge is 0.453 e. The van der Waals surface area contributed by atoms with Crippen LogP contribution in [0.15, 0.2) is 133 Å². The molecule has 0 N–H and O–H groups in total. The molecule has 0 saturated carbocycles. The van der Waals surface area contributed by atoms with Crippen molar-refractivity contribution >= 4 is 43.6 Å². The molecule has 6 aromatic carbocycles. The molecule has 0 aliphatic carbocycles. The normalized spacial score (nSPS) is 12.3. The van der Waals surface area contributed by atoms with E-state index in [0.29, 0.717) is 0 Å². The van der Waals surface area contributed by atoms with Crippen molar-refractivity contribution < 1.29 is 4.74 Å². The minimum atomic E-state index is 0.885. The summed E-state index contributed by atoms with van der Waals surface area (Å²) >= 11 is 0. The van der Waals surface area contributed by atoms with E-state index in [1.807, 2.05) is 12.1 Å². The molecule has 0 fully saturated rings. The zero-order valence-corrected chi connectivity index (χ0v) is 21.0. The summed E-state index contributed by atoms with van der Waals surface area (Å²) in [7, 11) is 0. The average molecular weight is 499 g/mol. The first-order valence-electron chi connectivity index (χ1n) is 13.3. The summed E-state index contributed by atoms with van der Waals surface area (Å²) < 4.78 is 11.0. The van der Waals surface area contributed by atoms with E-state index in [-0.39, 0.29) is 0 Å². The Kier molecular flexibility index (Phi) is 4.05. The van der Waals surface area contributed by atoms with Gasteiger partial charge in [-0.2, -0.15) is 0 Å². The molecule has 0 unspecified atom stereocenters. The molecule has 3 heterocycles. The fourth-order valence-corrected chi connectivity index (χ4v) is 6.40. The molecule has 0 spiro atoms. The lowest BCUT2D eigenvalue weighted by Gasteiger charge is -2.20. The third kappa shape index (κ3) is 2.82. The van der Waals surface area contributed by atoms with Crippen LogP contribution in [0.1, 0.15) is 0 Å². The Hall–Kier alpha value is -5.28. The monoisotopic (exact) mass is 498 g/mol. The predicted octanol–water partition coefficient (Wildman–Crippen LogP) is 9.65. The van der Waals surface area contributed by atoms with E-state index in [0.717, 1.165) is 28.4 Å². The molecule has 2 aromatic heterocycles. The topological polar surface area (TPSA) is 19.1 Å². The molecule has 3 nitrogen and oxygen atoms in total.